The predicted molar refractivity (Wildman–Crippen MR) is 49.0 cm³/mol. The van der Waals surface area contributed by atoms with Gasteiger partial charge in [0.25, 0.3) is 0 Å². The molecule has 3 nitrogen and oxygen atoms in total. The first-order valence-corrected chi connectivity index (χ1v) is 3.17. The number of aliphatic hydroxyl groups excluding tert-OH is 1. The summed E-state index contributed by atoms with van der Waals surface area (Å²) in [4.78, 5) is 10.2. The van der Waals surface area contributed by atoms with Crippen LogP contribution in [0.25, 0.3) is 0 Å². The van der Waals surface area contributed by atoms with Gasteiger partial charge in [-0.2, -0.15) is 0 Å². The van der Waals surface area contributed by atoms with Crippen LogP contribution in [-0.4, -0.2) is 36.0 Å². The van der Waals surface area contributed by atoms with E-state index in [2.05, 4.69) is 0 Å². The van der Waals surface area contributed by atoms with E-state index >= 15 is 0 Å². The normalized spacial score (nSPS) is 11.4. The van der Waals surface area contributed by atoms with Gasteiger partial charge in [-0.05, 0) is 5.56 Å². The van der Waals surface area contributed by atoms with Gasteiger partial charge in [0.05, 0.1) is 0 Å². The van der Waals surface area contributed by atoms with Crippen molar-refractivity contribution < 1.29 is 15.0 Å². The van der Waals surface area contributed by atoms with E-state index in [1.807, 2.05) is 0 Å². The van der Waals surface area contributed by atoms with Crippen molar-refractivity contribution in [2.24, 2.45) is 0 Å². The topological polar surface area (TPSA) is 57.5 Å². The second-order valence-corrected chi connectivity index (χ2v) is 2.15. The molecule has 0 aliphatic heterocycles. The van der Waals surface area contributed by atoms with Gasteiger partial charge in [-0.15, -0.1) is 0 Å². The van der Waals surface area contributed by atoms with Crippen LogP contribution in [0.3, 0.4) is 0 Å². The number of aliphatic carboxylic acids is 1. The zero-order chi connectivity index (χ0) is 8.27. The average Bonchev–Trinajstić information content (AvgIpc) is 2.05. The maximum absolute atomic E-state index is 10.2. The molecule has 4 heteroatoms. The monoisotopic (exact) mass is 224 g/mol. The summed E-state index contributed by atoms with van der Waals surface area (Å²) in [5.74, 6) is -1.23. The van der Waals surface area contributed by atoms with E-state index in [-0.39, 0.29) is 19.8 Å². The Morgan fingerprint density at radius 1 is 1.25 bits per heavy atom. The quantitative estimate of drug-likeness (QED) is 0.674. The maximum atomic E-state index is 10.2. The van der Waals surface area contributed by atoms with Crippen molar-refractivity contribution in [1.82, 2.24) is 0 Å². The minimum atomic E-state index is -1.41. The van der Waals surface area contributed by atoms with Crippen molar-refractivity contribution in [2.45, 2.75) is 6.10 Å². The summed E-state index contributed by atoms with van der Waals surface area (Å²) in [5.41, 5.74) is 0.403. The van der Waals surface area contributed by atoms with Crippen molar-refractivity contribution >= 4 is 25.8 Å². The van der Waals surface area contributed by atoms with E-state index in [4.69, 9.17) is 10.2 Å². The van der Waals surface area contributed by atoms with Gasteiger partial charge in [0.1, 0.15) is 0 Å². The Labute approximate surface area is 83.1 Å². The molecular formula is C8H11GaO3. The molecule has 0 aliphatic rings. The molecule has 2 N–H and O–H groups in total. The van der Waals surface area contributed by atoms with E-state index in [0.717, 1.165) is 0 Å². The Morgan fingerprint density at radius 2 is 1.75 bits per heavy atom. The zero-order valence-electron chi connectivity index (χ0n) is 5.77. The van der Waals surface area contributed by atoms with Gasteiger partial charge in [-0.1, -0.05) is 30.3 Å². The second-order valence-electron chi connectivity index (χ2n) is 2.15. The summed E-state index contributed by atoms with van der Waals surface area (Å²) >= 11 is 0. The van der Waals surface area contributed by atoms with Crippen LogP contribution in [0.2, 0.25) is 0 Å². The molecule has 0 fully saturated rings. The van der Waals surface area contributed by atoms with Crippen LogP contribution < -0.4 is 0 Å². The van der Waals surface area contributed by atoms with Crippen molar-refractivity contribution in [3.05, 3.63) is 35.9 Å². The molecule has 0 heterocycles. The summed E-state index contributed by atoms with van der Waals surface area (Å²) in [6.07, 6.45) is -1.41. The number of aliphatic hydroxyl groups is 1. The number of carboxylic acid groups (broad SMARTS) is 1. The van der Waals surface area contributed by atoms with Crippen LogP contribution in [-0.2, 0) is 4.79 Å². The third-order valence-corrected chi connectivity index (χ3v) is 1.35. The van der Waals surface area contributed by atoms with E-state index in [1.54, 1.807) is 30.3 Å². The van der Waals surface area contributed by atoms with Gasteiger partial charge in [0.15, 0.2) is 6.10 Å². The van der Waals surface area contributed by atoms with Gasteiger partial charge < -0.3 is 10.2 Å². The van der Waals surface area contributed by atoms with Gasteiger partial charge in [0.2, 0.25) is 0 Å². The van der Waals surface area contributed by atoms with Crippen molar-refractivity contribution in [3.8, 4) is 0 Å². The van der Waals surface area contributed by atoms with E-state index in [9.17, 15) is 4.79 Å². The van der Waals surface area contributed by atoms with Crippen LogP contribution >= 0.6 is 0 Å². The number of carbonyl (C=O) groups is 1. The number of benzene rings is 1. The molecule has 1 rings (SSSR count). The zero-order valence-corrected chi connectivity index (χ0v) is 5.77. The molecule has 0 saturated carbocycles. The summed E-state index contributed by atoms with van der Waals surface area (Å²) in [6.45, 7) is 0. The molecule has 0 unspecified atom stereocenters. The fraction of sp³-hybridized carbons (Fsp3) is 0.125. The molecule has 1 atom stereocenters. The molecule has 1 aromatic carbocycles. The predicted octanol–water partition coefficient (Wildman–Crippen LogP) is -0.379. The Hall–Kier alpha value is -0.714. The van der Waals surface area contributed by atoms with E-state index in [1.165, 1.54) is 0 Å². The van der Waals surface area contributed by atoms with Gasteiger partial charge >= 0.3 is 25.8 Å². The van der Waals surface area contributed by atoms with Crippen molar-refractivity contribution in [3.63, 3.8) is 0 Å². The molecular weight excluding hydrogens is 214 g/mol. The average molecular weight is 225 g/mol. The summed E-state index contributed by atoms with van der Waals surface area (Å²) in [5, 5.41) is 17.4. The molecule has 12 heavy (non-hydrogen) atoms. The molecule has 0 aromatic heterocycles. The van der Waals surface area contributed by atoms with Crippen molar-refractivity contribution in [2.75, 3.05) is 0 Å². The molecule has 0 spiro atoms. The van der Waals surface area contributed by atoms with Crippen molar-refractivity contribution in [1.29, 1.82) is 0 Å². The first-order chi connectivity index (χ1) is 5.22. The number of hydrogen-bond acceptors (Lipinski definition) is 2. The van der Waals surface area contributed by atoms with Gasteiger partial charge in [0, 0.05) is 0 Å². The summed E-state index contributed by atoms with van der Waals surface area (Å²) in [6, 6.07) is 8.26. The third-order valence-electron chi connectivity index (χ3n) is 1.35. The van der Waals surface area contributed by atoms with Crippen LogP contribution in [0.4, 0.5) is 0 Å². The summed E-state index contributed by atoms with van der Waals surface area (Å²) < 4.78 is 0. The second kappa shape index (κ2) is 5.03. The number of carboxylic acids is 1. The first-order valence-electron chi connectivity index (χ1n) is 3.17. The fourth-order valence-corrected chi connectivity index (χ4v) is 0.778. The van der Waals surface area contributed by atoms with Gasteiger partial charge in [-0.3, -0.25) is 0 Å². The van der Waals surface area contributed by atoms with Crippen LogP contribution in [0.5, 0.6) is 0 Å². The molecule has 0 amide bonds. The molecule has 0 aliphatic carbocycles. The number of rotatable bonds is 2. The standard InChI is InChI=1S/C8H8O3.Ga.3H/c9-7(8(10)11)6-4-2-1-3-5-6;;;;/h1-5,7,9H,(H,10,11);;;;/t7-;;;;/m1..../s1. The molecule has 64 valence electrons. The Bertz CT molecular complexity index is 248. The Balaban J connectivity index is 0.00000121. The first kappa shape index (κ1) is 11.3. The molecule has 1 aromatic rings. The molecule has 0 bridgehead atoms. The fourth-order valence-electron chi connectivity index (χ4n) is 0.778. The van der Waals surface area contributed by atoms with Crippen LogP contribution in [0.1, 0.15) is 11.7 Å². The number of hydrogen-bond donors (Lipinski definition) is 2. The van der Waals surface area contributed by atoms with Crippen LogP contribution in [0.15, 0.2) is 30.3 Å². The van der Waals surface area contributed by atoms with Gasteiger partial charge in [-0.25, -0.2) is 4.79 Å². The van der Waals surface area contributed by atoms with E-state index in [0.29, 0.717) is 5.56 Å². The third kappa shape index (κ3) is 2.73. The minimum absolute atomic E-state index is 0. The molecule has 0 radical (unpaired) electrons. The van der Waals surface area contributed by atoms with Crippen LogP contribution in [0, 0.1) is 0 Å². The Morgan fingerprint density at radius 3 is 2.17 bits per heavy atom. The summed E-state index contributed by atoms with van der Waals surface area (Å²) in [7, 11) is 0. The molecule has 0 saturated heterocycles. The SMILES string of the molecule is O=C(O)[C@H](O)c1ccccc1.[GaH3]. The van der Waals surface area contributed by atoms with E-state index < -0.39 is 12.1 Å². The Kier molecular flexibility index (Phi) is 4.73.